The average Bonchev–Trinajstić information content (AvgIpc) is 2.89. The highest BCUT2D eigenvalue weighted by Crippen LogP contribution is 2.22. The van der Waals surface area contributed by atoms with Gasteiger partial charge in [-0.1, -0.05) is 70.5 Å². The van der Waals surface area contributed by atoms with Crippen molar-refractivity contribution in [2.45, 2.75) is 105 Å². The largest absolute Gasteiger partial charge is 0.346 e. The molecule has 212 valence electrons. The number of likely N-dealkylation sites (N-methyl/N-ethyl adjacent to an activating group) is 1. The van der Waals surface area contributed by atoms with E-state index < -0.39 is 6.04 Å². The summed E-state index contributed by atoms with van der Waals surface area (Å²) in [6, 6.07) is 8.84. The number of carbonyl (C=O) groups excluding carboxylic acids is 3. The van der Waals surface area contributed by atoms with E-state index in [4.69, 9.17) is 0 Å². The van der Waals surface area contributed by atoms with Crippen molar-refractivity contribution in [3.63, 3.8) is 0 Å². The molecule has 1 aromatic carbocycles. The van der Waals surface area contributed by atoms with Crippen molar-refractivity contribution in [2.75, 3.05) is 13.6 Å². The van der Waals surface area contributed by atoms with Gasteiger partial charge in [-0.15, -0.1) is 0 Å². The van der Waals surface area contributed by atoms with Crippen LogP contribution in [0.3, 0.4) is 0 Å². The number of benzene rings is 1. The third-order valence-electron chi connectivity index (χ3n) is 7.64. The molecule has 0 aromatic heterocycles. The number of rotatable bonds is 11. The maximum absolute atomic E-state index is 13.7. The van der Waals surface area contributed by atoms with E-state index in [0.717, 1.165) is 31.4 Å². The second-order valence-corrected chi connectivity index (χ2v) is 11.7. The van der Waals surface area contributed by atoms with Gasteiger partial charge in [-0.05, 0) is 64.5 Å². The van der Waals surface area contributed by atoms with Crippen LogP contribution in [0, 0.1) is 11.8 Å². The van der Waals surface area contributed by atoms with Gasteiger partial charge < -0.3 is 15.5 Å². The van der Waals surface area contributed by atoms with Gasteiger partial charge in [-0.3, -0.25) is 19.3 Å². The van der Waals surface area contributed by atoms with Gasteiger partial charge in [0.25, 0.3) is 0 Å². The van der Waals surface area contributed by atoms with Crippen LogP contribution >= 0.6 is 0 Å². The molecule has 7 nitrogen and oxygen atoms in total. The van der Waals surface area contributed by atoms with Crippen molar-refractivity contribution in [3.8, 4) is 0 Å². The Morgan fingerprint density at radius 3 is 2.13 bits per heavy atom. The van der Waals surface area contributed by atoms with Crippen LogP contribution in [-0.2, 0) is 14.4 Å². The summed E-state index contributed by atoms with van der Waals surface area (Å²) in [4.78, 5) is 44.0. The maximum Gasteiger partial charge on any atom is 0.247 e. The molecule has 0 aliphatic carbocycles. The second kappa shape index (κ2) is 14.5. The van der Waals surface area contributed by atoms with E-state index in [9.17, 15) is 14.4 Å². The summed E-state index contributed by atoms with van der Waals surface area (Å²) in [6.07, 6.45) is 4.80. The van der Waals surface area contributed by atoms with E-state index in [-0.39, 0.29) is 53.7 Å². The van der Waals surface area contributed by atoms with Crippen molar-refractivity contribution in [1.29, 1.82) is 0 Å². The minimum atomic E-state index is -0.634. The zero-order chi connectivity index (χ0) is 28.6. The second-order valence-electron chi connectivity index (χ2n) is 11.7. The Morgan fingerprint density at radius 2 is 1.58 bits per heavy atom. The normalized spacial score (nSPS) is 19.3. The first-order chi connectivity index (χ1) is 17.8. The summed E-state index contributed by atoms with van der Waals surface area (Å²) in [7, 11) is 1.77. The lowest BCUT2D eigenvalue weighted by molar-refractivity contribution is -0.140. The molecule has 0 radical (unpaired) electrons. The van der Waals surface area contributed by atoms with Gasteiger partial charge in [0, 0.05) is 18.7 Å². The molecule has 1 heterocycles. The molecule has 3 unspecified atom stereocenters. The van der Waals surface area contributed by atoms with E-state index in [1.54, 1.807) is 18.9 Å². The SMILES string of the molecule is C/C(=C\C(C(C)C)N(C)C(=O)C(NC(=O)[C@H]1CCCCN1C(C)C)C(C)C)C(=O)NC(C)c1ccccc1. The average molecular weight is 527 g/mol. The number of carbonyl (C=O) groups is 3. The monoisotopic (exact) mass is 526 g/mol. The van der Waals surface area contributed by atoms with Crippen LogP contribution < -0.4 is 10.6 Å². The van der Waals surface area contributed by atoms with Crippen molar-refractivity contribution in [2.24, 2.45) is 11.8 Å². The van der Waals surface area contributed by atoms with E-state index >= 15 is 0 Å². The molecule has 0 bridgehead atoms. The Morgan fingerprint density at radius 1 is 0.947 bits per heavy atom. The van der Waals surface area contributed by atoms with Crippen LogP contribution in [0.1, 0.15) is 86.3 Å². The van der Waals surface area contributed by atoms with Gasteiger partial charge in [0.05, 0.1) is 18.1 Å². The van der Waals surface area contributed by atoms with Crippen molar-refractivity contribution >= 4 is 17.7 Å². The summed E-state index contributed by atoms with van der Waals surface area (Å²) in [5.41, 5.74) is 1.59. The first-order valence-corrected chi connectivity index (χ1v) is 14.2. The predicted molar refractivity (Wildman–Crippen MR) is 154 cm³/mol. The third-order valence-corrected chi connectivity index (χ3v) is 7.64. The summed E-state index contributed by atoms with van der Waals surface area (Å²) >= 11 is 0. The number of hydrogen-bond acceptors (Lipinski definition) is 4. The summed E-state index contributed by atoms with van der Waals surface area (Å²) in [5.74, 6) is -0.357. The van der Waals surface area contributed by atoms with E-state index in [1.165, 1.54) is 0 Å². The molecule has 2 N–H and O–H groups in total. The molecule has 1 aliphatic rings. The first-order valence-electron chi connectivity index (χ1n) is 14.2. The molecule has 38 heavy (non-hydrogen) atoms. The highest BCUT2D eigenvalue weighted by molar-refractivity contribution is 5.93. The van der Waals surface area contributed by atoms with Crippen molar-refractivity contribution < 1.29 is 14.4 Å². The van der Waals surface area contributed by atoms with Crippen LogP contribution in [0.5, 0.6) is 0 Å². The van der Waals surface area contributed by atoms with E-state index in [0.29, 0.717) is 5.57 Å². The topological polar surface area (TPSA) is 81.8 Å². The Hall–Kier alpha value is -2.67. The molecule has 2 rings (SSSR count). The lowest BCUT2D eigenvalue weighted by Gasteiger charge is -2.39. The number of amides is 3. The number of hydrogen-bond donors (Lipinski definition) is 2. The standard InChI is InChI=1S/C31H50N4O3/c1-20(2)27(19-23(7)29(36)32-24(8)25-15-11-10-12-16-25)34(9)31(38)28(21(3)4)33-30(37)26-17-13-14-18-35(26)22(5)6/h10-12,15-16,19-22,24,26-28H,13-14,17-18H2,1-9H3,(H,32,36)(H,33,37)/b23-19+/t24?,26-,27?,28?/m1/s1. The molecule has 1 fully saturated rings. The van der Waals surface area contributed by atoms with Gasteiger partial charge in [0.2, 0.25) is 17.7 Å². The van der Waals surface area contributed by atoms with Crippen LogP contribution in [0.4, 0.5) is 0 Å². The molecular formula is C31H50N4O3. The Bertz CT molecular complexity index is 957. The van der Waals surface area contributed by atoms with Gasteiger partial charge in [0.1, 0.15) is 6.04 Å². The maximum atomic E-state index is 13.7. The van der Waals surface area contributed by atoms with Gasteiger partial charge in [0.15, 0.2) is 0 Å². The Labute approximate surface area is 230 Å². The Kier molecular flexibility index (Phi) is 12.0. The smallest absolute Gasteiger partial charge is 0.247 e. The lowest BCUT2D eigenvalue weighted by Crippen LogP contribution is -2.58. The molecule has 1 saturated heterocycles. The molecule has 1 aromatic rings. The lowest BCUT2D eigenvalue weighted by atomic mass is 9.95. The fourth-order valence-electron chi connectivity index (χ4n) is 5.20. The molecular weight excluding hydrogens is 476 g/mol. The highest BCUT2D eigenvalue weighted by atomic mass is 16.2. The molecule has 0 saturated carbocycles. The van der Waals surface area contributed by atoms with Crippen molar-refractivity contribution in [1.82, 2.24) is 20.4 Å². The van der Waals surface area contributed by atoms with Crippen LogP contribution in [0.25, 0.3) is 0 Å². The predicted octanol–water partition coefficient (Wildman–Crippen LogP) is 4.70. The first kappa shape index (κ1) is 31.5. The zero-order valence-electron chi connectivity index (χ0n) is 25.0. The minimum Gasteiger partial charge on any atom is -0.346 e. The highest BCUT2D eigenvalue weighted by Gasteiger charge is 2.36. The van der Waals surface area contributed by atoms with Gasteiger partial charge in [-0.25, -0.2) is 0 Å². The molecule has 7 heteroatoms. The number of nitrogens with one attached hydrogen (secondary N) is 2. The van der Waals surface area contributed by atoms with Crippen LogP contribution in [-0.4, -0.2) is 65.3 Å². The van der Waals surface area contributed by atoms with Crippen molar-refractivity contribution in [3.05, 3.63) is 47.5 Å². The summed E-state index contributed by atoms with van der Waals surface area (Å²) in [6.45, 7) is 16.9. The van der Waals surface area contributed by atoms with Gasteiger partial charge >= 0.3 is 0 Å². The summed E-state index contributed by atoms with van der Waals surface area (Å²) in [5, 5.41) is 6.15. The fourth-order valence-corrected chi connectivity index (χ4v) is 5.20. The Balaban J connectivity index is 2.16. The summed E-state index contributed by atoms with van der Waals surface area (Å²) < 4.78 is 0. The third kappa shape index (κ3) is 8.42. The quantitative estimate of drug-likeness (QED) is 0.410. The van der Waals surface area contributed by atoms with E-state index in [1.807, 2.05) is 71.0 Å². The molecule has 4 atom stereocenters. The van der Waals surface area contributed by atoms with Crippen LogP contribution in [0.15, 0.2) is 42.0 Å². The van der Waals surface area contributed by atoms with Crippen LogP contribution in [0.2, 0.25) is 0 Å². The zero-order valence-corrected chi connectivity index (χ0v) is 25.0. The number of nitrogens with zero attached hydrogens (tertiary/aromatic N) is 2. The molecule has 3 amide bonds. The fraction of sp³-hybridized carbons (Fsp3) is 0.645. The molecule has 0 spiro atoms. The molecule has 1 aliphatic heterocycles. The van der Waals surface area contributed by atoms with Gasteiger partial charge in [-0.2, -0.15) is 0 Å². The minimum absolute atomic E-state index is 0.0686. The van der Waals surface area contributed by atoms with E-state index in [2.05, 4.69) is 29.4 Å². The number of likely N-dealkylation sites (tertiary alicyclic amines) is 1. The number of piperidine rings is 1.